The number of rotatable bonds is 6. The summed E-state index contributed by atoms with van der Waals surface area (Å²) in [5, 5.41) is 3.16. The maximum absolute atomic E-state index is 12.3. The van der Waals surface area contributed by atoms with E-state index in [0.29, 0.717) is 6.54 Å². The van der Waals surface area contributed by atoms with Crippen LogP contribution in [-0.2, 0) is 4.79 Å². The molecule has 1 fully saturated rings. The van der Waals surface area contributed by atoms with Gasteiger partial charge in [0.1, 0.15) is 5.75 Å². The van der Waals surface area contributed by atoms with Crippen LogP contribution < -0.4 is 10.1 Å². The molecule has 0 saturated carbocycles. The molecule has 22 heavy (non-hydrogen) atoms. The van der Waals surface area contributed by atoms with Crippen molar-refractivity contribution in [3.63, 3.8) is 0 Å². The van der Waals surface area contributed by atoms with Crippen molar-refractivity contribution in [3.05, 3.63) is 29.8 Å². The maximum atomic E-state index is 12.3. The monoisotopic (exact) mass is 304 g/mol. The highest BCUT2D eigenvalue weighted by molar-refractivity contribution is 5.78. The molecule has 0 aromatic heterocycles. The molecular weight excluding hydrogens is 276 g/mol. The number of hydrogen-bond acceptors (Lipinski definition) is 3. The van der Waals surface area contributed by atoms with Gasteiger partial charge in [-0.1, -0.05) is 26.0 Å². The van der Waals surface area contributed by atoms with Crippen molar-refractivity contribution in [2.24, 2.45) is 5.92 Å². The Hall–Kier alpha value is -1.55. The van der Waals surface area contributed by atoms with Gasteiger partial charge in [-0.3, -0.25) is 9.69 Å². The first-order valence-electron chi connectivity index (χ1n) is 8.28. The number of ether oxygens (including phenoxy) is 1. The normalized spacial score (nSPS) is 18.0. The van der Waals surface area contributed by atoms with Gasteiger partial charge in [0, 0.05) is 0 Å². The van der Waals surface area contributed by atoms with Crippen molar-refractivity contribution in [1.82, 2.24) is 10.2 Å². The minimum atomic E-state index is 0.0714. The Balaban J connectivity index is 1.87. The third-order valence-electron chi connectivity index (χ3n) is 4.51. The highest BCUT2D eigenvalue weighted by Gasteiger charge is 2.19. The van der Waals surface area contributed by atoms with E-state index in [1.165, 1.54) is 12.8 Å². The van der Waals surface area contributed by atoms with E-state index in [9.17, 15) is 4.79 Å². The fraction of sp³-hybridized carbons (Fsp3) is 0.611. The van der Waals surface area contributed by atoms with E-state index in [4.69, 9.17) is 4.74 Å². The molecule has 4 nitrogen and oxygen atoms in total. The predicted octanol–water partition coefficient (Wildman–Crippen LogP) is 2.99. The number of benzene rings is 1. The summed E-state index contributed by atoms with van der Waals surface area (Å²) < 4.78 is 5.18. The predicted molar refractivity (Wildman–Crippen MR) is 89.0 cm³/mol. The Morgan fingerprint density at radius 3 is 2.50 bits per heavy atom. The summed E-state index contributed by atoms with van der Waals surface area (Å²) in [5.41, 5.74) is 1.13. The Morgan fingerprint density at radius 2 is 1.95 bits per heavy atom. The fourth-order valence-electron chi connectivity index (χ4n) is 2.92. The first-order valence-corrected chi connectivity index (χ1v) is 8.28. The highest BCUT2D eigenvalue weighted by atomic mass is 16.5. The number of carbonyl (C=O) groups excluding carboxylic acids is 1. The summed E-state index contributed by atoms with van der Waals surface area (Å²) in [7, 11) is 1.66. The van der Waals surface area contributed by atoms with E-state index in [-0.39, 0.29) is 11.9 Å². The lowest BCUT2D eigenvalue weighted by molar-refractivity contribution is -0.123. The molecule has 1 unspecified atom stereocenters. The fourth-order valence-corrected chi connectivity index (χ4v) is 2.92. The molecule has 1 aromatic rings. The van der Waals surface area contributed by atoms with Crippen LogP contribution in [0.1, 0.15) is 44.7 Å². The van der Waals surface area contributed by atoms with E-state index < -0.39 is 0 Å². The summed E-state index contributed by atoms with van der Waals surface area (Å²) in [5.74, 6) is 1.76. The molecule has 1 atom stereocenters. The number of nitrogens with zero attached hydrogens (tertiary/aromatic N) is 1. The van der Waals surface area contributed by atoms with Crippen molar-refractivity contribution in [3.8, 4) is 5.75 Å². The van der Waals surface area contributed by atoms with Crippen LogP contribution in [0.4, 0.5) is 0 Å². The standard InChI is InChI=1S/C18H28N2O2/c1-4-17(15-5-7-16(22-3)8-6-15)19-18(21)13-20-11-9-14(2)10-12-20/h5-8,14,17H,4,9-13H2,1-3H3,(H,19,21). The highest BCUT2D eigenvalue weighted by Crippen LogP contribution is 2.20. The lowest BCUT2D eigenvalue weighted by atomic mass is 9.99. The molecular formula is C18H28N2O2. The van der Waals surface area contributed by atoms with Crippen LogP contribution in [0.5, 0.6) is 5.75 Å². The van der Waals surface area contributed by atoms with Gasteiger partial charge in [-0.25, -0.2) is 0 Å². The molecule has 0 bridgehead atoms. The van der Waals surface area contributed by atoms with Crippen molar-refractivity contribution in [2.75, 3.05) is 26.7 Å². The van der Waals surface area contributed by atoms with E-state index in [1.54, 1.807) is 7.11 Å². The molecule has 1 amide bonds. The quantitative estimate of drug-likeness (QED) is 0.878. The number of carbonyl (C=O) groups is 1. The van der Waals surface area contributed by atoms with Gasteiger partial charge in [-0.05, 0) is 56.0 Å². The third-order valence-corrected chi connectivity index (χ3v) is 4.51. The molecule has 2 rings (SSSR count). The summed E-state index contributed by atoms with van der Waals surface area (Å²) in [6.45, 7) is 6.97. The lowest BCUT2D eigenvalue weighted by Gasteiger charge is -2.30. The molecule has 1 aromatic carbocycles. The maximum Gasteiger partial charge on any atom is 0.234 e. The molecule has 1 aliphatic rings. The molecule has 1 N–H and O–H groups in total. The van der Waals surface area contributed by atoms with Crippen molar-refractivity contribution in [1.29, 1.82) is 0 Å². The first-order chi connectivity index (χ1) is 10.6. The summed E-state index contributed by atoms with van der Waals surface area (Å²) in [4.78, 5) is 14.5. The van der Waals surface area contributed by atoms with Crippen molar-refractivity contribution >= 4 is 5.91 Å². The van der Waals surface area contributed by atoms with E-state index in [0.717, 1.165) is 36.7 Å². The molecule has 122 valence electrons. The van der Waals surface area contributed by atoms with Crippen LogP contribution >= 0.6 is 0 Å². The number of piperidine rings is 1. The average molecular weight is 304 g/mol. The van der Waals surface area contributed by atoms with Gasteiger partial charge >= 0.3 is 0 Å². The SMILES string of the molecule is CCC(NC(=O)CN1CCC(C)CC1)c1ccc(OC)cc1. The van der Waals surface area contributed by atoms with Crippen molar-refractivity contribution in [2.45, 2.75) is 39.2 Å². The first kappa shape index (κ1) is 16.8. The Bertz CT molecular complexity index is 464. The second-order valence-corrected chi connectivity index (χ2v) is 6.26. The molecule has 1 saturated heterocycles. The zero-order chi connectivity index (χ0) is 15.9. The zero-order valence-corrected chi connectivity index (χ0v) is 14.0. The van der Waals surface area contributed by atoms with Crippen LogP contribution in [0.15, 0.2) is 24.3 Å². The summed E-state index contributed by atoms with van der Waals surface area (Å²) >= 11 is 0. The topological polar surface area (TPSA) is 41.6 Å². The lowest BCUT2D eigenvalue weighted by Crippen LogP contribution is -2.42. The number of hydrogen-bond donors (Lipinski definition) is 1. The van der Waals surface area contributed by atoms with Gasteiger partial charge in [-0.2, -0.15) is 0 Å². The number of likely N-dealkylation sites (tertiary alicyclic amines) is 1. The van der Waals surface area contributed by atoms with Crippen molar-refractivity contribution < 1.29 is 9.53 Å². The Morgan fingerprint density at radius 1 is 1.32 bits per heavy atom. The van der Waals surface area contributed by atoms with Gasteiger partial charge in [0.25, 0.3) is 0 Å². The van der Waals surface area contributed by atoms with Gasteiger partial charge in [-0.15, -0.1) is 0 Å². The second-order valence-electron chi connectivity index (χ2n) is 6.26. The zero-order valence-electron chi connectivity index (χ0n) is 14.0. The molecule has 4 heteroatoms. The molecule has 1 heterocycles. The minimum Gasteiger partial charge on any atom is -0.497 e. The van der Waals surface area contributed by atoms with Crippen LogP contribution in [-0.4, -0.2) is 37.6 Å². The van der Waals surface area contributed by atoms with E-state index in [1.807, 2.05) is 24.3 Å². The van der Waals surface area contributed by atoms with Gasteiger partial charge in [0.05, 0.1) is 19.7 Å². The second kappa shape index (κ2) is 8.18. The van der Waals surface area contributed by atoms with Gasteiger partial charge in [0.15, 0.2) is 0 Å². The minimum absolute atomic E-state index is 0.0714. The van der Waals surface area contributed by atoms with Crippen LogP contribution in [0.2, 0.25) is 0 Å². The smallest absolute Gasteiger partial charge is 0.234 e. The van der Waals surface area contributed by atoms with E-state index >= 15 is 0 Å². The summed E-state index contributed by atoms with van der Waals surface area (Å²) in [6.07, 6.45) is 3.28. The third kappa shape index (κ3) is 4.73. The molecule has 0 spiro atoms. The van der Waals surface area contributed by atoms with Crippen LogP contribution in [0.25, 0.3) is 0 Å². The molecule has 0 radical (unpaired) electrons. The number of amides is 1. The number of methoxy groups -OCH3 is 1. The van der Waals surface area contributed by atoms with Gasteiger partial charge in [0.2, 0.25) is 5.91 Å². The summed E-state index contributed by atoms with van der Waals surface area (Å²) in [6, 6.07) is 8.00. The van der Waals surface area contributed by atoms with E-state index in [2.05, 4.69) is 24.1 Å². The number of nitrogens with one attached hydrogen (secondary N) is 1. The largest absolute Gasteiger partial charge is 0.497 e. The molecule has 1 aliphatic heterocycles. The average Bonchev–Trinajstić information content (AvgIpc) is 2.55. The van der Waals surface area contributed by atoms with Gasteiger partial charge < -0.3 is 10.1 Å². The Labute approximate surface area is 133 Å². The van der Waals surface area contributed by atoms with Crippen LogP contribution in [0, 0.1) is 5.92 Å². The van der Waals surface area contributed by atoms with Crippen LogP contribution in [0.3, 0.4) is 0 Å². The Kier molecular flexibility index (Phi) is 6.25. The molecule has 0 aliphatic carbocycles.